The van der Waals surface area contributed by atoms with E-state index in [0.717, 1.165) is 5.69 Å². The Balaban J connectivity index is 2.84. The summed E-state index contributed by atoms with van der Waals surface area (Å²) in [4.78, 5) is 11.1. The summed E-state index contributed by atoms with van der Waals surface area (Å²) < 4.78 is 6.51. The quantitative estimate of drug-likeness (QED) is 0.625. The van der Waals surface area contributed by atoms with Gasteiger partial charge in [-0.25, -0.2) is 4.79 Å². The number of aryl methyl sites for hydroxylation is 1. The first-order valence-electron chi connectivity index (χ1n) is 3.88. The van der Waals surface area contributed by atoms with Crippen molar-refractivity contribution < 1.29 is 9.53 Å². The van der Waals surface area contributed by atoms with Crippen LogP contribution in [0.1, 0.15) is 18.7 Å². The van der Waals surface area contributed by atoms with Crippen LogP contribution in [0, 0.1) is 6.92 Å². The van der Waals surface area contributed by atoms with Crippen molar-refractivity contribution >= 4 is 5.97 Å². The monoisotopic (exact) mass is 167 g/mol. The fraction of sp³-hybridized carbons (Fsp3) is 0.444. The second kappa shape index (κ2) is 3.43. The summed E-state index contributed by atoms with van der Waals surface area (Å²) in [6, 6.07) is 3.64. The summed E-state index contributed by atoms with van der Waals surface area (Å²) in [7, 11) is 1.40. The van der Waals surface area contributed by atoms with Gasteiger partial charge in [-0.1, -0.05) is 0 Å². The van der Waals surface area contributed by atoms with Crippen LogP contribution in [0.2, 0.25) is 0 Å². The zero-order valence-corrected chi connectivity index (χ0v) is 7.57. The van der Waals surface area contributed by atoms with Gasteiger partial charge < -0.3 is 9.30 Å². The van der Waals surface area contributed by atoms with Gasteiger partial charge in [-0.3, -0.25) is 0 Å². The number of nitrogens with zero attached hydrogens (tertiary/aromatic N) is 1. The first-order chi connectivity index (χ1) is 5.66. The molecular formula is C9H13NO2. The van der Waals surface area contributed by atoms with Crippen LogP contribution in [0.5, 0.6) is 0 Å². The van der Waals surface area contributed by atoms with E-state index in [0.29, 0.717) is 0 Å². The largest absolute Gasteiger partial charge is 0.467 e. The molecule has 0 aliphatic rings. The molecule has 3 nitrogen and oxygen atoms in total. The molecule has 66 valence electrons. The minimum atomic E-state index is -0.231. The van der Waals surface area contributed by atoms with Crippen LogP contribution in [0.15, 0.2) is 18.3 Å². The van der Waals surface area contributed by atoms with E-state index in [9.17, 15) is 4.79 Å². The Labute approximate surface area is 72.0 Å². The van der Waals surface area contributed by atoms with Crippen molar-refractivity contribution in [3.63, 3.8) is 0 Å². The van der Waals surface area contributed by atoms with Crippen LogP contribution >= 0.6 is 0 Å². The highest BCUT2D eigenvalue weighted by Gasteiger charge is 2.14. The first kappa shape index (κ1) is 8.84. The molecule has 0 aromatic carbocycles. The third-order valence-electron chi connectivity index (χ3n) is 1.95. The lowest BCUT2D eigenvalue weighted by atomic mass is 10.3. The van der Waals surface area contributed by atoms with E-state index in [4.69, 9.17) is 0 Å². The Morgan fingerprint density at radius 3 is 2.75 bits per heavy atom. The summed E-state index contributed by atoms with van der Waals surface area (Å²) in [5.41, 5.74) is 1.06. The lowest BCUT2D eigenvalue weighted by molar-refractivity contribution is -0.144. The zero-order valence-electron chi connectivity index (χ0n) is 7.57. The molecule has 1 aromatic heterocycles. The predicted octanol–water partition coefficient (Wildman–Crippen LogP) is 1.53. The topological polar surface area (TPSA) is 31.2 Å². The fourth-order valence-electron chi connectivity index (χ4n) is 1.20. The third kappa shape index (κ3) is 1.49. The minimum Gasteiger partial charge on any atom is -0.467 e. The van der Waals surface area contributed by atoms with Crippen molar-refractivity contribution in [3.8, 4) is 0 Å². The number of rotatable bonds is 2. The van der Waals surface area contributed by atoms with E-state index in [1.165, 1.54) is 7.11 Å². The molecule has 0 amide bonds. The predicted molar refractivity (Wildman–Crippen MR) is 45.9 cm³/mol. The highest BCUT2D eigenvalue weighted by molar-refractivity contribution is 5.73. The standard InChI is InChI=1S/C9H13NO2/c1-7-5-4-6-10(7)8(2)9(11)12-3/h4-6,8H,1-3H3/t8-/m1/s1. The number of hydrogen-bond donors (Lipinski definition) is 0. The lowest BCUT2D eigenvalue weighted by Crippen LogP contribution is -2.17. The van der Waals surface area contributed by atoms with E-state index < -0.39 is 0 Å². The number of hydrogen-bond acceptors (Lipinski definition) is 2. The van der Waals surface area contributed by atoms with Crippen molar-refractivity contribution in [1.82, 2.24) is 4.57 Å². The maximum Gasteiger partial charge on any atom is 0.328 e. The van der Waals surface area contributed by atoms with Gasteiger partial charge in [-0.15, -0.1) is 0 Å². The SMILES string of the molecule is COC(=O)[C@@H](C)n1cccc1C. The lowest BCUT2D eigenvalue weighted by Gasteiger charge is -2.12. The maximum absolute atomic E-state index is 11.1. The van der Waals surface area contributed by atoms with E-state index in [1.807, 2.05) is 36.7 Å². The molecule has 1 rings (SSSR count). The second-order valence-corrected chi connectivity index (χ2v) is 2.76. The van der Waals surface area contributed by atoms with Crippen molar-refractivity contribution in [3.05, 3.63) is 24.0 Å². The summed E-state index contributed by atoms with van der Waals surface area (Å²) in [6.45, 7) is 3.78. The molecule has 1 atom stereocenters. The molecule has 0 aliphatic heterocycles. The third-order valence-corrected chi connectivity index (χ3v) is 1.95. The van der Waals surface area contributed by atoms with Crippen LogP contribution in [0.4, 0.5) is 0 Å². The van der Waals surface area contributed by atoms with Gasteiger partial charge in [-0.2, -0.15) is 0 Å². The van der Waals surface area contributed by atoms with Crippen molar-refractivity contribution in [1.29, 1.82) is 0 Å². The average Bonchev–Trinajstić information content (AvgIpc) is 2.48. The number of aromatic nitrogens is 1. The van der Waals surface area contributed by atoms with Gasteiger partial charge in [0, 0.05) is 11.9 Å². The van der Waals surface area contributed by atoms with Crippen molar-refractivity contribution in [2.75, 3.05) is 7.11 Å². The normalized spacial score (nSPS) is 12.6. The molecule has 0 aliphatic carbocycles. The first-order valence-corrected chi connectivity index (χ1v) is 3.88. The number of ether oxygens (including phenoxy) is 1. The molecule has 0 saturated carbocycles. The van der Waals surface area contributed by atoms with Gasteiger partial charge in [0.15, 0.2) is 0 Å². The van der Waals surface area contributed by atoms with Gasteiger partial charge in [0.1, 0.15) is 6.04 Å². The molecule has 0 N–H and O–H groups in total. The molecular weight excluding hydrogens is 154 g/mol. The second-order valence-electron chi connectivity index (χ2n) is 2.76. The Bertz CT molecular complexity index is 278. The summed E-state index contributed by atoms with van der Waals surface area (Å²) in [6.07, 6.45) is 1.87. The summed E-state index contributed by atoms with van der Waals surface area (Å²) in [5.74, 6) is -0.214. The van der Waals surface area contributed by atoms with Crippen molar-refractivity contribution in [2.45, 2.75) is 19.9 Å². The highest BCUT2D eigenvalue weighted by atomic mass is 16.5. The van der Waals surface area contributed by atoms with Crippen LogP contribution in [0.25, 0.3) is 0 Å². The number of methoxy groups -OCH3 is 1. The van der Waals surface area contributed by atoms with Crippen LogP contribution in [-0.2, 0) is 9.53 Å². The maximum atomic E-state index is 11.1. The van der Waals surface area contributed by atoms with Crippen molar-refractivity contribution in [2.24, 2.45) is 0 Å². The Kier molecular flexibility index (Phi) is 2.53. The van der Waals surface area contributed by atoms with Gasteiger partial charge in [0.2, 0.25) is 0 Å². The van der Waals surface area contributed by atoms with Crippen LogP contribution in [0.3, 0.4) is 0 Å². The van der Waals surface area contributed by atoms with Gasteiger partial charge in [0.05, 0.1) is 7.11 Å². The molecule has 0 unspecified atom stereocenters. The van der Waals surface area contributed by atoms with E-state index >= 15 is 0 Å². The van der Waals surface area contributed by atoms with Gasteiger partial charge in [0.25, 0.3) is 0 Å². The molecule has 0 fully saturated rings. The molecule has 0 spiro atoms. The molecule has 0 saturated heterocycles. The van der Waals surface area contributed by atoms with E-state index in [2.05, 4.69) is 4.74 Å². The Morgan fingerprint density at radius 2 is 2.33 bits per heavy atom. The average molecular weight is 167 g/mol. The molecule has 0 radical (unpaired) electrons. The van der Waals surface area contributed by atoms with Crippen LogP contribution < -0.4 is 0 Å². The minimum absolute atomic E-state index is 0.214. The number of esters is 1. The molecule has 0 bridgehead atoms. The smallest absolute Gasteiger partial charge is 0.328 e. The molecule has 1 heterocycles. The van der Waals surface area contributed by atoms with E-state index in [1.54, 1.807) is 0 Å². The van der Waals surface area contributed by atoms with Gasteiger partial charge in [-0.05, 0) is 26.0 Å². The summed E-state index contributed by atoms with van der Waals surface area (Å²) >= 11 is 0. The Morgan fingerprint density at radius 1 is 1.67 bits per heavy atom. The number of carbonyl (C=O) groups excluding carboxylic acids is 1. The zero-order chi connectivity index (χ0) is 9.14. The molecule has 1 aromatic rings. The van der Waals surface area contributed by atoms with Crippen LogP contribution in [-0.4, -0.2) is 17.6 Å². The van der Waals surface area contributed by atoms with Gasteiger partial charge >= 0.3 is 5.97 Å². The molecule has 12 heavy (non-hydrogen) atoms. The number of carbonyl (C=O) groups is 1. The highest BCUT2D eigenvalue weighted by Crippen LogP contribution is 2.11. The summed E-state index contributed by atoms with van der Waals surface area (Å²) in [5, 5.41) is 0. The Hall–Kier alpha value is -1.25. The fourth-order valence-corrected chi connectivity index (χ4v) is 1.20. The molecule has 3 heteroatoms. The van der Waals surface area contributed by atoms with E-state index in [-0.39, 0.29) is 12.0 Å².